The highest BCUT2D eigenvalue weighted by Gasteiger charge is 2.26. The van der Waals surface area contributed by atoms with Gasteiger partial charge in [-0.05, 0) is 12.2 Å². The van der Waals surface area contributed by atoms with E-state index >= 15 is 0 Å². The van der Waals surface area contributed by atoms with Crippen molar-refractivity contribution in [1.82, 2.24) is 0 Å². The molecule has 8 nitrogen and oxygen atoms in total. The minimum Gasteiger partial charge on any atom is -0.462 e. The molecule has 0 aromatic heterocycles. The molecule has 0 atom stereocenters. The lowest BCUT2D eigenvalue weighted by Gasteiger charge is -2.17. The van der Waals surface area contributed by atoms with E-state index in [0.717, 1.165) is 21.2 Å². The predicted molar refractivity (Wildman–Crippen MR) is 208 cm³/mol. The summed E-state index contributed by atoms with van der Waals surface area (Å²) in [4.78, 5) is 31.2. The van der Waals surface area contributed by atoms with Crippen LogP contribution in [0.25, 0.3) is 0 Å². The first kappa shape index (κ1) is 42.1. The van der Waals surface area contributed by atoms with Gasteiger partial charge in [-0.25, -0.2) is 0 Å². The molecule has 0 aliphatic rings. The Morgan fingerprint density at radius 3 is 0.980 bits per heavy atom. The van der Waals surface area contributed by atoms with Crippen molar-refractivity contribution in [3.05, 3.63) is 158 Å². The van der Waals surface area contributed by atoms with Crippen molar-refractivity contribution in [3.8, 4) is 0 Å². The molecule has 0 unspecified atom stereocenters. The second kappa shape index (κ2) is 23.4. The van der Waals surface area contributed by atoms with Gasteiger partial charge in [-0.3, -0.25) is 14.4 Å². The third kappa shape index (κ3) is 15.6. The van der Waals surface area contributed by atoms with Gasteiger partial charge in [0, 0.05) is 54.3 Å². The number of benzene rings is 4. The second-order valence-electron chi connectivity index (χ2n) is 10.8. The van der Waals surface area contributed by atoms with E-state index in [4.69, 9.17) is 4.74 Å². The topological polar surface area (TPSA) is 113 Å². The Kier molecular flexibility index (Phi) is 19.3. The zero-order valence-corrected chi connectivity index (χ0v) is 31.1. The van der Waals surface area contributed by atoms with E-state index in [-0.39, 0.29) is 37.7 Å². The number of rotatable bonds is 14. The fourth-order valence-corrected chi connectivity index (χ4v) is 9.36. The fourth-order valence-electron chi connectivity index (χ4n) is 4.50. The van der Waals surface area contributed by atoms with Crippen molar-refractivity contribution in [3.63, 3.8) is 0 Å². The van der Waals surface area contributed by atoms with Gasteiger partial charge in [-0.2, -0.15) is 0 Å². The van der Waals surface area contributed by atoms with Crippen LogP contribution in [0.4, 0.5) is 0 Å². The van der Waals surface area contributed by atoms with E-state index in [1.54, 1.807) is 24.3 Å². The number of hydrogen-bond acceptors (Lipinski definition) is 8. The van der Waals surface area contributed by atoms with Crippen molar-refractivity contribution in [2.45, 2.75) is 20.8 Å². The molecule has 4 aromatic rings. The molecule has 0 amide bonds. The van der Waals surface area contributed by atoms with Crippen LogP contribution in [-0.4, -0.2) is 50.1 Å². The average molecular weight is 729 g/mol. The molecule has 0 spiro atoms. The summed E-state index contributed by atoms with van der Waals surface area (Å²) in [5.74, 6) is -0.974. The van der Waals surface area contributed by atoms with Crippen LogP contribution < -0.4 is 21.2 Å². The Morgan fingerprint density at radius 1 is 0.471 bits per heavy atom. The molecule has 0 fully saturated rings. The third-order valence-electron chi connectivity index (χ3n) is 6.92. The first-order valence-corrected chi connectivity index (χ1v) is 20.0. The van der Waals surface area contributed by atoms with Crippen LogP contribution in [0.5, 0.6) is 0 Å². The number of ether oxygens (including phenoxy) is 3. The maximum atomic E-state index is 13.6. The molecule has 0 heterocycles. The lowest BCUT2D eigenvalue weighted by molar-refractivity contribution is -0.141. The minimum atomic E-state index is -2.72. The van der Waals surface area contributed by atoms with E-state index in [2.05, 4.69) is 16.1 Å². The summed E-state index contributed by atoms with van der Waals surface area (Å²) in [5.41, 5.74) is 0. The van der Waals surface area contributed by atoms with Gasteiger partial charge in [0.2, 0.25) is 0 Å². The van der Waals surface area contributed by atoms with Crippen LogP contribution >= 0.6 is 14.3 Å². The molecular weight excluding hydrogens is 682 g/mol. The third-order valence-corrected chi connectivity index (χ3v) is 13.0. The lowest BCUT2D eigenvalue weighted by atomic mass is 10.4. The Bertz CT molecular complexity index is 1680. The lowest BCUT2D eigenvalue weighted by Crippen LogP contribution is -2.17. The first-order valence-electron chi connectivity index (χ1n) is 16.2. The second-order valence-corrected chi connectivity index (χ2v) is 16.6. The molecule has 0 saturated heterocycles. The zero-order valence-electron chi connectivity index (χ0n) is 29.3. The molecule has 0 N–H and O–H groups in total. The summed E-state index contributed by atoms with van der Waals surface area (Å²) < 4.78 is 40.7. The van der Waals surface area contributed by atoms with Crippen molar-refractivity contribution in [2.24, 2.45) is 0 Å². The van der Waals surface area contributed by atoms with E-state index in [1.807, 2.05) is 127 Å². The van der Waals surface area contributed by atoms with Gasteiger partial charge in [0.15, 0.2) is 0 Å². The molecule has 0 bridgehead atoms. The summed E-state index contributed by atoms with van der Waals surface area (Å²) in [5, 5.41) is 3.45. The van der Waals surface area contributed by atoms with Gasteiger partial charge in [-0.1, -0.05) is 140 Å². The van der Waals surface area contributed by atoms with Gasteiger partial charge in [0.05, 0.1) is 0 Å². The van der Waals surface area contributed by atoms with Gasteiger partial charge in [0.1, 0.15) is 34.1 Å². The summed E-state index contributed by atoms with van der Waals surface area (Å²) in [6.45, 7) is 8.40. The monoisotopic (exact) mass is 728 g/mol. The van der Waals surface area contributed by atoms with Crippen LogP contribution in [0.3, 0.4) is 0 Å². The minimum absolute atomic E-state index is 0.207. The number of hydrogen-bond donors (Lipinski definition) is 0. The largest absolute Gasteiger partial charge is 0.462 e. The van der Waals surface area contributed by atoms with Crippen molar-refractivity contribution >= 4 is 53.4 Å². The quantitative estimate of drug-likeness (QED) is 0.0592. The highest BCUT2D eigenvalue weighted by Crippen LogP contribution is 2.44. The summed E-state index contributed by atoms with van der Waals surface area (Å²) in [6, 6.07) is 38.3. The molecule has 0 saturated carbocycles. The first-order chi connectivity index (χ1) is 24.5. The fraction of sp³-hybridized carbons (Fsp3) is 0.195. The van der Waals surface area contributed by atoms with Crippen LogP contribution in [-0.2, 0) is 37.7 Å². The Labute approximate surface area is 301 Å². The summed E-state index contributed by atoms with van der Waals surface area (Å²) in [7, 11) is -5.26. The van der Waals surface area contributed by atoms with E-state index < -0.39 is 14.3 Å². The molecule has 4 rings (SSSR count). The van der Waals surface area contributed by atoms with Gasteiger partial charge in [-0.15, -0.1) is 6.58 Å². The molecule has 51 heavy (non-hydrogen) atoms. The van der Waals surface area contributed by atoms with Gasteiger partial charge >= 0.3 is 17.9 Å². The average Bonchev–Trinajstić information content (AvgIpc) is 3.14. The summed E-state index contributed by atoms with van der Waals surface area (Å²) in [6.07, 6.45) is 9.43. The Balaban J connectivity index is 0.000000278. The van der Waals surface area contributed by atoms with E-state index in [9.17, 15) is 23.5 Å². The van der Waals surface area contributed by atoms with Crippen molar-refractivity contribution in [1.29, 1.82) is 0 Å². The summed E-state index contributed by atoms with van der Waals surface area (Å²) >= 11 is 0. The van der Waals surface area contributed by atoms with Crippen molar-refractivity contribution in [2.75, 3.05) is 32.1 Å². The van der Waals surface area contributed by atoms with Crippen LogP contribution in [0.1, 0.15) is 20.8 Å². The maximum Gasteiger partial charge on any atom is 0.302 e. The maximum absolute atomic E-state index is 13.6. The van der Waals surface area contributed by atoms with Crippen LogP contribution in [0.2, 0.25) is 0 Å². The SMILES string of the molecule is C=CCP(=O)(c1ccccc1)c1ccccc1.CC(=O)OC/C=C/CP(=O)(c1ccccc1)c1ccccc1.CC(=O)OC/C=C\COC(C)=O. The van der Waals surface area contributed by atoms with E-state index in [1.165, 1.54) is 20.8 Å². The van der Waals surface area contributed by atoms with Gasteiger partial charge in [0.25, 0.3) is 0 Å². The van der Waals surface area contributed by atoms with Crippen molar-refractivity contribution < 1.29 is 37.7 Å². The molecule has 0 aliphatic heterocycles. The Morgan fingerprint density at radius 2 is 0.725 bits per heavy atom. The highest BCUT2D eigenvalue weighted by atomic mass is 31.2. The zero-order chi connectivity index (χ0) is 37.4. The highest BCUT2D eigenvalue weighted by molar-refractivity contribution is 7.79. The Hall–Kier alpha value is -5.03. The number of carbonyl (C=O) groups is 3. The molecule has 0 aliphatic carbocycles. The number of allylic oxidation sites excluding steroid dienone is 2. The molecule has 4 aromatic carbocycles. The van der Waals surface area contributed by atoms with Gasteiger partial charge < -0.3 is 23.3 Å². The van der Waals surface area contributed by atoms with E-state index in [0.29, 0.717) is 12.3 Å². The normalized spacial score (nSPS) is 11.0. The predicted octanol–water partition coefficient (Wildman–Crippen LogP) is 6.98. The molecule has 0 radical (unpaired) electrons. The number of esters is 3. The number of carbonyl (C=O) groups excluding carboxylic acids is 3. The standard InChI is InChI=1S/C18H19O3P.C15H15OP.C8H12O4/c1-16(19)21-14-8-9-15-22(20,17-10-4-2-5-11-17)18-12-6-3-7-13-18;1-2-13-17(16,14-9-5-3-6-10-14)15-11-7-4-8-12-15;1-7(9)11-5-3-4-6-12-8(2)10/h2-13H,14-15H2,1H3;2-12H,1,13H2;3-4H,5-6H2,1-2H3/b9-8+;;4-3-. The molecular formula is C41H46O8P2. The smallest absolute Gasteiger partial charge is 0.302 e. The van der Waals surface area contributed by atoms with Crippen LogP contribution in [0.15, 0.2) is 158 Å². The van der Waals surface area contributed by atoms with Crippen LogP contribution in [0, 0.1) is 0 Å². The molecule has 268 valence electrons. The molecule has 10 heteroatoms.